The molecule has 0 radical (unpaired) electrons. The van der Waals surface area contributed by atoms with Crippen LogP contribution in [0.15, 0.2) is 11.1 Å². The fourth-order valence-electron chi connectivity index (χ4n) is 0.725. The fraction of sp³-hybridized carbons (Fsp3) is 0.429. The summed E-state index contributed by atoms with van der Waals surface area (Å²) in [6.45, 7) is 3.45. The highest BCUT2D eigenvalue weighted by Gasteiger charge is 2.20. The summed E-state index contributed by atoms with van der Waals surface area (Å²) < 4.78 is 0.496. The fourth-order valence-corrected chi connectivity index (χ4v) is 1.12. The SMILES string of the molecule is C=C(Br)CC(CC(=O)O)C(=O)O. The molecule has 0 rings (SSSR count). The minimum Gasteiger partial charge on any atom is -0.481 e. The molecule has 0 aromatic rings. The van der Waals surface area contributed by atoms with Crippen LogP contribution in [0, 0.1) is 5.92 Å². The van der Waals surface area contributed by atoms with Crippen LogP contribution >= 0.6 is 15.9 Å². The zero-order chi connectivity index (χ0) is 9.72. The second kappa shape index (κ2) is 4.92. The standard InChI is InChI=1S/C7H9BrO4/c1-4(8)2-5(7(11)12)3-6(9)10/h5H,1-3H2,(H,9,10)(H,11,12). The molecule has 0 spiro atoms. The van der Waals surface area contributed by atoms with E-state index in [1.165, 1.54) is 0 Å². The zero-order valence-electron chi connectivity index (χ0n) is 6.29. The number of rotatable bonds is 5. The molecule has 68 valence electrons. The normalized spacial score (nSPS) is 12.1. The van der Waals surface area contributed by atoms with Crippen molar-refractivity contribution in [2.45, 2.75) is 12.8 Å². The molecule has 0 saturated heterocycles. The van der Waals surface area contributed by atoms with Crippen molar-refractivity contribution in [3.63, 3.8) is 0 Å². The topological polar surface area (TPSA) is 74.6 Å². The van der Waals surface area contributed by atoms with Crippen molar-refractivity contribution in [2.75, 3.05) is 0 Å². The molecular formula is C7H9BrO4. The number of hydrogen-bond donors (Lipinski definition) is 2. The van der Waals surface area contributed by atoms with Crippen molar-refractivity contribution < 1.29 is 19.8 Å². The Balaban J connectivity index is 4.14. The smallest absolute Gasteiger partial charge is 0.307 e. The molecule has 1 unspecified atom stereocenters. The maximum absolute atomic E-state index is 10.4. The van der Waals surface area contributed by atoms with Gasteiger partial charge in [0.1, 0.15) is 0 Å². The van der Waals surface area contributed by atoms with Crippen LogP contribution in [0.2, 0.25) is 0 Å². The van der Waals surface area contributed by atoms with Crippen molar-refractivity contribution >= 4 is 27.9 Å². The molecular weight excluding hydrogens is 228 g/mol. The summed E-state index contributed by atoms with van der Waals surface area (Å²) in [6.07, 6.45) is -0.235. The number of carboxylic acids is 2. The predicted octanol–water partition coefficient (Wildman–Crippen LogP) is 1.46. The molecule has 0 heterocycles. The molecule has 0 saturated carbocycles. The zero-order valence-corrected chi connectivity index (χ0v) is 7.87. The van der Waals surface area contributed by atoms with Gasteiger partial charge in [-0.15, -0.1) is 0 Å². The van der Waals surface area contributed by atoms with Crippen LogP contribution in [0.25, 0.3) is 0 Å². The van der Waals surface area contributed by atoms with Crippen LogP contribution < -0.4 is 0 Å². The molecule has 12 heavy (non-hydrogen) atoms. The lowest BCUT2D eigenvalue weighted by Gasteiger charge is -2.07. The summed E-state index contributed by atoms with van der Waals surface area (Å²) in [6, 6.07) is 0. The quantitative estimate of drug-likeness (QED) is 0.758. The molecule has 0 aliphatic rings. The summed E-state index contributed by atoms with van der Waals surface area (Å²) in [5.41, 5.74) is 0. The maximum atomic E-state index is 10.4. The van der Waals surface area contributed by atoms with Gasteiger partial charge in [0.15, 0.2) is 0 Å². The molecule has 0 aromatic heterocycles. The van der Waals surface area contributed by atoms with Gasteiger partial charge in [-0.05, 0) is 10.9 Å². The molecule has 0 aliphatic heterocycles. The van der Waals surface area contributed by atoms with E-state index in [0.29, 0.717) is 4.48 Å². The molecule has 0 aromatic carbocycles. The van der Waals surface area contributed by atoms with Crippen molar-refractivity contribution in [1.82, 2.24) is 0 Å². The highest BCUT2D eigenvalue weighted by atomic mass is 79.9. The third-order valence-corrected chi connectivity index (χ3v) is 1.56. The van der Waals surface area contributed by atoms with Gasteiger partial charge in [-0.3, -0.25) is 9.59 Å². The Bertz CT molecular complexity index is 195. The van der Waals surface area contributed by atoms with Crippen LogP contribution in [-0.4, -0.2) is 22.2 Å². The van der Waals surface area contributed by atoms with E-state index in [2.05, 4.69) is 22.5 Å². The largest absolute Gasteiger partial charge is 0.481 e. The lowest BCUT2D eigenvalue weighted by molar-refractivity contribution is -0.148. The van der Waals surface area contributed by atoms with E-state index in [0.717, 1.165) is 0 Å². The first-order chi connectivity index (χ1) is 5.43. The Hall–Kier alpha value is -0.840. The summed E-state index contributed by atoms with van der Waals surface area (Å²) in [5, 5.41) is 16.9. The highest BCUT2D eigenvalue weighted by molar-refractivity contribution is 9.11. The molecule has 0 amide bonds. The highest BCUT2D eigenvalue weighted by Crippen LogP contribution is 2.18. The maximum Gasteiger partial charge on any atom is 0.307 e. The van der Waals surface area contributed by atoms with Crippen LogP contribution in [0.4, 0.5) is 0 Å². The van der Waals surface area contributed by atoms with Crippen LogP contribution in [0.3, 0.4) is 0 Å². The number of carbonyl (C=O) groups is 2. The number of aliphatic carboxylic acids is 2. The molecule has 1 atom stereocenters. The third-order valence-electron chi connectivity index (χ3n) is 1.24. The van der Waals surface area contributed by atoms with Gasteiger partial charge in [-0.25, -0.2) is 0 Å². The molecule has 0 bridgehead atoms. The summed E-state index contributed by atoms with van der Waals surface area (Å²) in [7, 11) is 0. The molecule has 0 aliphatic carbocycles. The average Bonchev–Trinajstić information content (AvgIpc) is 1.83. The number of halogens is 1. The monoisotopic (exact) mass is 236 g/mol. The van der Waals surface area contributed by atoms with E-state index in [1.807, 2.05) is 0 Å². The molecule has 2 N–H and O–H groups in total. The van der Waals surface area contributed by atoms with Gasteiger partial charge in [-0.2, -0.15) is 0 Å². The Morgan fingerprint density at radius 3 is 2.08 bits per heavy atom. The summed E-state index contributed by atoms with van der Waals surface area (Å²) >= 11 is 2.98. The van der Waals surface area contributed by atoms with Gasteiger partial charge in [0.25, 0.3) is 0 Å². The van der Waals surface area contributed by atoms with Crippen molar-refractivity contribution in [3.8, 4) is 0 Å². The first-order valence-corrected chi connectivity index (χ1v) is 4.00. The minimum absolute atomic E-state index is 0.141. The molecule has 5 heteroatoms. The number of hydrogen-bond acceptors (Lipinski definition) is 2. The minimum atomic E-state index is -1.11. The van der Waals surface area contributed by atoms with Gasteiger partial charge in [0.05, 0.1) is 12.3 Å². The molecule has 0 fully saturated rings. The van der Waals surface area contributed by atoms with Crippen LogP contribution in [-0.2, 0) is 9.59 Å². The van der Waals surface area contributed by atoms with Crippen molar-refractivity contribution in [3.05, 3.63) is 11.1 Å². The third kappa shape index (κ3) is 4.90. The Kier molecular flexibility index (Phi) is 4.58. The van der Waals surface area contributed by atoms with Gasteiger partial charge in [0, 0.05) is 0 Å². The van der Waals surface area contributed by atoms with Gasteiger partial charge in [0.2, 0.25) is 0 Å². The number of carboxylic acid groups (broad SMARTS) is 2. The predicted molar refractivity (Wildman–Crippen MR) is 46.1 cm³/mol. The Labute approximate surface area is 78.0 Å². The van der Waals surface area contributed by atoms with Gasteiger partial charge in [-0.1, -0.05) is 22.5 Å². The summed E-state index contributed by atoms with van der Waals surface area (Å²) in [4.78, 5) is 20.6. The Morgan fingerprint density at radius 1 is 1.33 bits per heavy atom. The van der Waals surface area contributed by atoms with E-state index in [9.17, 15) is 9.59 Å². The lowest BCUT2D eigenvalue weighted by atomic mass is 10.0. The van der Waals surface area contributed by atoms with E-state index in [-0.39, 0.29) is 12.8 Å². The lowest BCUT2D eigenvalue weighted by Crippen LogP contribution is -2.17. The first-order valence-electron chi connectivity index (χ1n) is 3.21. The van der Waals surface area contributed by atoms with Crippen molar-refractivity contribution in [2.24, 2.45) is 5.92 Å². The van der Waals surface area contributed by atoms with E-state index < -0.39 is 17.9 Å². The Morgan fingerprint density at radius 2 is 1.83 bits per heavy atom. The van der Waals surface area contributed by atoms with E-state index >= 15 is 0 Å². The second-order valence-corrected chi connectivity index (χ2v) is 3.48. The van der Waals surface area contributed by atoms with Crippen molar-refractivity contribution in [1.29, 1.82) is 0 Å². The van der Waals surface area contributed by atoms with Crippen LogP contribution in [0.5, 0.6) is 0 Å². The van der Waals surface area contributed by atoms with E-state index in [1.54, 1.807) is 0 Å². The second-order valence-electron chi connectivity index (χ2n) is 2.35. The van der Waals surface area contributed by atoms with Crippen LogP contribution in [0.1, 0.15) is 12.8 Å². The van der Waals surface area contributed by atoms with E-state index in [4.69, 9.17) is 10.2 Å². The summed E-state index contributed by atoms with van der Waals surface area (Å²) in [5.74, 6) is -3.12. The number of allylic oxidation sites excluding steroid dienone is 1. The molecule has 4 nitrogen and oxygen atoms in total. The first kappa shape index (κ1) is 11.2. The van der Waals surface area contributed by atoms with Gasteiger partial charge >= 0.3 is 11.9 Å². The van der Waals surface area contributed by atoms with Gasteiger partial charge < -0.3 is 10.2 Å². The average molecular weight is 237 g/mol.